The second-order valence-electron chi connectivity index (χ2n) is 5.81. The van der Waals surface area contributed by atoms with Gasteiger partial charge in [-0.2, -0.15) is 0 Å². The Hall–Kier alpha value is -1.25. The van der Waals surface area contributed by atoms with Crippen LogP contribution >= 0.6 is 0 Å². The Bertz CT molecular complexity index is 486. The maximum atomic E-state index is 13.4. The van der Waals surface area contributed by atoms with Gasteiger partial charge >= 0.3 is 0 Å². The predicted octanol–water partition coefficient (Wildman–Crippen LogP) is 5.97. The molecule has 0 saturated carbocycles. The zero-order valence-electron chi connectivity index (χ0n) is 13.2. The minimum atomic E-state index is -0.838. The van der Waals surface area contributed by atoms with Crippen molar-refractivity contribution in [3.8, 4) is 0 Å². The lowest BCUT2D eigenvalue weighted by Gasteiger charge is -2.29. The minimum Gasteiger partial charge on any atom is -0.257 e. The second-order valence-corrected chi connectivity index (χ2v) is 5.81. The molecule has 20 heavy (non-hydrogen) atoms. The van der Waals surface area contributed by atoms with Crippen LogP contribution in [-0.2, 0) is 0 Å². The molecule has 0 unspecified atom stereocenters. The molecule has 1 aromatic rings. The predicted molar refractivity (Wildman–Crippen MR) is 81.8 cm³/mol. The highest BCUT2D eigenvalue weighted by molar-refractivity contribution is 5.90. The molecule has 0 radical (unpaired) electrons. The van der Waals surface area contributed by atoms with Crippen molar-refractivity contribution < 1.29 is 8.78 Å². The van der Waals surface area contributed by atoms with E-state index in [0.29, 0.717) is 11.3 Å². The van der Waals surface area contributed by atoms with Crippen LogP contribution in [0, 0.1) is 24.0 Å². The average molecular weight is 281 g/mol. The molecule has 3 heteroatoms. The molecule has 0 fully saturated rings. The van der Waals surface area contributed by atoms with Crippen LogP contribution in [0.2, 0.25) is 0 Å². The molecule has 0 spiro atoms. The fraction of sp³-hybridized carbons (Fsp3) is 0.588. The zero-order chi connectivity index (χ0) is 15.3. The molecule has 0 N–H and O–H groups in total. The topological polar surface area (TPSA) is 12.4 Å². The Kier molecular flexibility index (Phi) is 5.85. The van der Waals surface area contributed by atoms with E-state index in [-0.39, 0.29) is 5.41 Å². The van der Waals surface area contributed by atoms with Gasteiger partial charge in [-0.1, -0.05) is 33.6 Å². The smallest absolute Gasteiger partial charge is 0.160 e. The van der Waals surface area contributed by atoms with E-state index in [1.54, 1.807) is 6.92 Å². The van der Waals surface area contributed by atoms with Gasteiger partial charge in [-0.05, 0) is 38.3 Å². The van der Waals surface area contributed by atoms with Crippen LogP contribution in [0.15, 0.2) is 17.1 Å². The Morgan fingerprint density at radius 2 is 1.60 bits per heavy atom. The first-order valence-corrected chi connectivity index (χ1v) is 7.35. The maximum absolute atomic E-state index is 13.4. The summed E-state index contributed by atoms with van der Waals surface area (Å²) in [4.78, 5) is 4.58. The van der Waals surface area contributed by atoms with Crippen molar-refractivity contribution in [2.24, 2.45) is 10.4 Å². The molecule has 0 aromatic heterocycles. The second kappa shape index (κ2) is 6.96. The molecular formula is C17H25F2N. The highest BCUT2D eigenvalue weighted by Gasteiger charge is 2.26. The van der Waals surface area contributed by atoms with E-state index >= 15 is 0 Å². The molecule has 1 rings (SSSR count). The van der Waals surface area contributed by atoms with Crippen LogP contribution in [0.25, 0.3) is 0 Å². The fourth-order valence-electron chi connectivity index (χ4n) is 2.66. The molecule has 0 amide bonds. The molecule has 0 bridgehead atoms. The molecule has 0 aliphatic carbocycles. The molecule has 0 aliphatic heterocycles. The van der Waals surface area contributed by atoms with E-state index in [9.17, 15) is 8.78 Å². The van der Waals surface area contributed by atoms with Gasteiger partial charge in [0.25, 0.3) is 0 Å². The number of aryl methyl sites for hydroxylation is 1. The number of nitrogens with zero attached hydrogens (tertiary/aromatic N) is 1. The first-order chi connectivity index (χ1) is 9.34. The van der Waals surface area contributed by atoms with Crippen LogP contribution in [-0.4, -0.2) is 5.71 Å². The van der Waals surface area contributed by atoms with Crippen molar-refractivity contribution in [2.45, 2.75) is 60.3 Å². The van der Waals surface area contributed by atoms with Crippen LogP contribution < -0.4 is 0 Å². The van der Waals surface area contributed by atoms with Crippen molar-refractivity contribution in [2.75, 3.05) is 0 Å². The Morgan fingerprint density at radius 1 is 1.10 bits per heavy atom. The SMILES string of the molecule is CCCC(C)(CCC)/C(C)=N\c1cc(F)c(F)cc1C. The molecular weight excluding hydrogens is 256 g/mol. The average Bonchev–Trinajstić information content (AvgIpc) is 2.36. The van der Waals surface area contributed by atoms with Gasteiger partial charge in [-0.15, -0.1) is 0 Å². The summed E-state index contributed by atoms with van der Waals surface area (Å²) in [6.45, 7) is 10.3. The number of halogens is 2. The Labute approximate surface area is 121 Å². The zero-order valence-corrected chi connectivity index (χ0v) is 13.2. The number of hydrogen-bond donors (Lipinski definition) is 0. The molecule has 0 heterocycles. The molecule has 0 atom stereocenters. The third-order valence-electron chi connectivity index (χ3n) is 4.00. The Balaban J connectivity index is 3.17. The van der Waals surface area contributed by atoms with Gasteiger partial charge in [-0.25, -0.2) is 8.78 Å². The van der Waals surface area contributed by atoms with Crippen LogP contribution in [0.4, 0.5) is 14.5 Å². The summed E-state index contributed by atoms with van der Waals surface area (Å²) in [6, 6.07) is 2.39. The van der Waals surface area contributed by atoms with Gasteiger partial charge in [0.05, 0.1) is 5.69 Å². The van der Waals surface area contributed by atoms with Gasteiger partial charge in [0.15, 0.2) is 11.6 Å². The highest BCUT2D eigenvalue weighted by Crippen LogP contribution is 2.33. The number of aliphatic imine (C=N–C) groups is 1. The summed E-state index contributed by atoms with van der Waals surface area (Å²) in [5.74, 6) is -1.65. The van der Waals surface area contributed by atoms with Gasteiger partial charge in [-0.3, -0.25) is 4.99 Å². The van der Waals surface area contributed by atoms with Crippen molar-refractivity contribution in [3.05, 3.63) is 29.3 Å². The van der Waals surface area contributed by atoms with E-state index in [1.165, 1.54) is 12.1 Å². The minimum absolute atomic E-state index is 0.0286. The normalized spacial score (nSPS) is 12.8. The van der Waals surface area contributed by atoms with Crippen LogP contribution in [0.1, 0.15) is 58.9 Å². The lowest BCUT2D eigenvalue weighted by atomic mass is 9.77. The largest absolute Gasteiger partial charge is 0.257 e. The number of rotatable bonds is 6. The first kappa shape index (κ1) is 16.8. The van der Waals surface area contributed by atoms with E-state index in [2.05, 4.69) is 25.8 Å². The summed E-state index contributed by atoms with van der Waals surface area (Å²) in [6.07, 6.45) is 4.28. The third kappa shape index (κ3) is 3.87. The van der Waals surface area contributed by atoms with E-state index in [1.807, 2.05) is 6.92 Å². The molecule has 0 aliphatic rings. The fourth-order valence-corrected chi connectivity index (χ4v) is 2.66. The lowest BCUT2D eigenvalue weighted by Crippen LogP contribution is -2.25. The summed E-state index contributed by atoms with van der Waals surface area (Å²) >= 11 is 0. The van der Waals surface area contributed by atoms with Gasteiger partial charge < -0.3 is 0 Å². The first-order valence-electron chi connectivity index (χ1n) is 7.35. The Morgan fingerprint density at radius 3 is 2.10 bits per heavy atom. The van der Waals surface area contributed by atoms with E-state index in [0.717, 1.165) is 31.4 Å². The monoisotopic (exact) mass is 281 g/mol. The van der Waals surface area contributed by atoms with E-state index in [4.69, 9.17) is 0 Å². The molecule has 1 nitrogen and oxygen atoms in total. The standard InChI is InChI=1S/C17H25F2N/c1-6-8-17(5,9-7-2)13(4)20-16-11-15(19)14(18)10-12(16)3/h10-11H,6-9H2,1-5H3/b20-13-. The van der Waals surface area contributed by atoms with Crippen molar-refractivity contribution in [1.29, 1.82) is 0 Å². The number of hydrogen-bond acceptors (Lipinski definition) is 1. The summed E-state index contributed by atoms with van der Waals surface area (Å²) in [5, 5.41) is 0. The van der Waals surface area contributed by atoms with Crippen LogP contribution in [0.3, 0.4) is 0 Å². The van der Waals surface area contributed by atoms with Crippen molar-refractivity contribution in [1.82, 2.24) is 0 Å². The van der Waals surface area contributed by atoms with Gasteiger partial charge in [0, 0.05) is 17.2 Å². The molecule has 0 saturated heterocycles. The van der Waals surface area contributed by atoms with Crippen molar-refractivity contribution in [3.63, 3.8) is 0 Å². The van der Waals surface area contributed by atoms with E-state index < -0.39 is 11.6 Å². The van der Waals surface area contributed by atoms with Crippen LogP contribution in [0.5, 0.6) is 0 Å². The number of benzene rings is 1. The molecule has 1 aromatic carbocycles. The van der Waals surface area contributed by atoms with Gasteiger partial charge in [0.2, 0.25) is 0 Å². The van der Waals surface area contributed by atoms with Gasteiger partial charge in [0.1, 0.15) is 0 Å². The summed E-state index contributed by atoms with van der Waals surface area (Å²) in [5.41, 5.74) is 2.22. The summed E-state index contributed by atoms with van der Waals surface area (Å²) < 4.78 is 26.5. The lowest BCUT2D eigenvalue weighted by molar-refractivity contribution is 0.383. The quantitative estimate of drug-likeness (QED) is 0.569. The van der Waals surface area contributed by atoms with Crippen molar-refractivity contribution >= 4 is 11.4 Å². The maximum Gasteiger partial charge on any atom is 0.160 e. The third-order valence-corrected chi connectivity index (χ3v) is 4.00. The summed E-state index contributed by atoms with van der Waals surface area (Å²) in [7, 11) is 0. The highest BCUT2D eigenvalue weighted by atomic mass is 19.2. The molecule has 112 valence electrons.